The highest BCUT2D eigenvalue weighted by atomic mass is 16.5. The zero-order valence-corrected chi connectivity index (χ0v) is 25.5. The second-order valence-electron chi connectivity index (χ2n) is 11.2. The van der Waals surface area contributed by atoms with Gasteiger partial charge in [-0.15, -0.1) is 10.2 Å². The molecule has 6 N–H and O–H groups in total. The average molecular weight is 607 g/mol. The number of tetrazole rings is 1. The molecule has 1 aromatic heterocycles. The number of primary amides is 1. The van der Waals surface area contributed by atoms with Crippen LogP contribution < -0.4 is 16.5 Å². The van der Waals surface area contributed by atoms with E-state index in [1.165, 1.54) is 0 Å². The number of hydrogen-bond acceptors (Lipinski definition) is 8. The van der Waals surface area contributed by atoms with E-state index >= 15 is 0 Å². The molecule has 13 nitrogen and oxygen atoms in total. The Bertz CT molecular complexity index is 1380. The fraction of sp³-hybridized carbons (Fsp3) is 0.452. The summed E-state index contributed by atoms with van der Waals surface area (Å²) in [4.78, 5) is 52.7. The van der Waals surface area contributed by atoms with Crippen LogP contribution in [0.3, 0.4) is 0 Å². The van der Waals surface area contributed by atoms with E-state index < -0.39 is 29.7 Å². The number of nitrogens with one attached hydrogen (secondary N) is 3. The summed E-state index contributed by atoms with van der Waals surface area (Å²) in [5, 5.41) is 26.2. The minimum atomic E-state index is -1.21. The van der Waals surface area contributed by atoms with Crippen molar-refractivity contribution in [2.45, 2.75) is 71.9 Å². The van der Waals surface area contributed by atoms with Gasteiger partial charge in [-0.1, -0.05) is 82.1 Å². The van der Waals surface area contributed by atoms with Gasteiger partial charge in [-0.05, 0) is 47.1 Å². The zero-order chi connectivity index (χ0) is 32.1. The minimum absolute atomic E-state index is 0.0227. The topological polar surface area (TPSA) is 196 Å². The number of benzene rings is 2. The lowest BCUT2D eigenvalue weighted by atomic mass is 9.95. The van der Waals surface area contributed by atoms with Crippen molar-refractivity contribution in [2.75, 3.05) is 6.54 Å². The first-order valence-corrected chi connectivity index (χ1v) is 14.9. The molecule has 0 bridgehead atoms. The molecule has 0 aliphatic heterocycles. The van der Waals surface area contributed by atoms with Gasteiger partial charge in [0.05, 0.1) is 0 Å². The molecule has 0 saturated heterocycles. The number of nitrogens with two attached hydrogens (primary N) is 1. The number of carbonyl (C=O) groups excluding carboxylic acids is 4. The van der Waals surface area contributed by atoms with Crippen molar-refractivity contribution in [1.82, 2.24) is 36.3 Å². The van der Waals surface area contributed by atoms with E-state index in [2.05, 4.69) is 32.9 Å². The maximum atomic E-state index is 13.9. The molecule has 1 heterocycles. The summed E-state index contributed by atoms with van der Waals surface area (Å²) < 4.78 is 0. The van der Waals surface area contributed by atoms with Crippen molar-refractivity contribution in [2.24, 2.45) is 17.6 Å². The molecule has 13 heteroatoms. The Morgan fingerprint density at radius 1 is 1.00 bits per heavy atom. The number of H-pyrrole nitrogens is 1. The Morgan fingerprint density at radius 3 is 2.30 bits per heavy atom. The highest BCUT2D eigenvalue weighted by Crippen LogP contribution is 2.30. The van der Waals surface area contributed by atoms with Gasteiger partial charge in [0, 0.05) is 25.1 Å². The summed E-state index contributed by atoms with van der Waals surface area (Å²) in [6.07, 6.45) is 2.61. The Labute approximate surface area is 256 Å². The minimum Gasteiger partial charge on any atom is -0.370 e. The van der Waals surface area contributed by atoms with Gasteiger partial charge in [-0.3, -0.25) is 24.4 Å². The van der Waals surface area contributed by atoms with Crippen LogP contribution >= 0.6 is 0 Å². The number of hydrogen-bond donors (Lipinski definition) is 5. The molecule has 0 spiro atoms. The maximum absolute atomic E-state index is 13.9. The fourth-order valence-electron chi connectivity index (χ4n) is 4.95. The van der Waals surface area contributed by atoms with E-state index in [9.17, 15) is 24.4 Å². The lowest BCUT2D eigenvalue weighted by molar-refractivity contribution is -0.144. The Kier molecular flexibility index (Phi) is 13.0. The number of amides is 4. The van der Waals surface area contributed by atoms with Crippen LogP contribution in [0.5, 0.6) is 0 Å². The quantitative estimate of drug-likeness (QED) is 0.0669. The van der Waals surface area contributed by atoms with Crippen LogP contribution in [-0.4, -0.2) is 66.9 Å². The van der Waals surface area contributed by atoms with Gasteiger partial charge in [0.2, 0.25) is 23.5 Å². The van der Waals surface area contributed by atoms with Crippen molar-refractivity contribution in [3.8, 4) is 22.5 Å². The Hall–Kier alpha value is -4.65. The number of rotatable bonds is 17. The van der Waals surface area contributed by atoms with Crippen molar-refractivity contribution in [1.29, 1.82) is 0 Å². The number of unbranched alkanes of at least 4 members (excludes halogenated alkanes) is 2. The number of nitrogens with zero attached hydrogens (tertiary/aromatic N) is 4. The molecule has 0 aliphatic rings. The van der Waals surface area contributed by atoms with Crippen LogP contribution in [-0.2, 0) is 25.7 Å². The van der Waals surface area contributed by atoms with Crippen LogP contribution in [0.15, 0.2) is 48.5 Å². The van der Waals surface area contributed by atoms with Crippen LogP contribution in [0.25, 0.3) is 22.5 Å². The van der Waals surface area contributed by atoms with E-state index in [4.69, 9.17) is 5.73 Å². The van der Waals surface area contributed by atoms with E-state index in [-0.39, 0.29) is 37.6 Å². The Morgan fingerprint density at radius 2 is 1.70 bits per heavy atom. The second-order valence-corrected chi connectivity index (χ2v) is 11.2. The van der Waals surface area contributed by atoms with Crippen molar-refractivity contribution >= 4 is 23.6 Å². The summed E-state index contributed by atoms with van der Waals surface area (Å²) in [7, 11) is 0. The molecule has 0 radical (unpaired) electrons. The molecule has 0 fully saturated rings. The second kappa shape index (κ2) is 16.8. The van der Waals surface area contributed by atoms with E-state index in [1.807, 2.05) is 62.4 Å². The molecule has 1 unspecified atom stereocenters. The number of hydroxylamine groups is 1. The molecule has 44 heavy (non-hydrogen) atoms. The summed E-state index contributed by atoms with van der Waals surface area (Å²) in [5.41, 5.74) is 10.5. The van der Waals surface area contributed by atoms with Gasteiger partial charge in [-0.25, -0.2) is 5.48 Å². The summed E-state index contributed by atoms with van der Waals surface area (Å²) in [5.74, 6) is -3.32. The first-order valence-electron chi connectivity index (χ1n) is 14.9. The molecule has 0 saturated carbocycles. The Balaban J connectivity index is 1.85. The van der Waals surface area contributed by atoms with Gasteiger partial charge < -0.3 is 16.0 Å². The first-order chi connectivity index (χ1) is 21.1. The zero-order valence-electron chi connectivity index (χ0n) is 25.5. The maximum Gasteiger partial charge on any atom is 0.255 e. The predicted molar refractivity (Wildman–Crippen MR) is 163 cm³/mol. The number of aromatic nitrogens is 4. The third-order valence-corrected chi connectivity index (χ3v) is 7.24. The molecule has 3 aromatic rings. The predicted octanol–water partition coefficient (Wildman–Crippen LogP) is 2.97. The van der Waals surface area contributed by atoms with Crippen LogP contribution in [0, 0.1) is 11.8 Å². The molecule has 0 aliphatic carbocycles. The standard InChI is InChI=1S/C31H42N8O5/c1-4-5-8-17-39(31(43)26(15-16-27(32)40)33-29(41)25(18-20(2)3)30(42)36-44)19-21-11-13-22(14-12-21)23-9-6-7-10-24(23)28-34-37-38-35-28/h6-7,9-14,20,25-26,44H,4-5,8,15-19H2,1-3H3,(H2,32,40)(H,33,41)(H,36,42)(H,34,35,37,38)/t25?,26-/m0/s1. The molecule has 236 valence electrons. The fourth-order valence-corrected chi connectivity index (χ4v) is 4.95. The van der Waals surface area contributed by atoms with Crippen LogP contribution in [0.4, 0.5) is 0 Å². The molecule has 4 amide bonds. The van der Waals surface area contributed by atoms with Crippen LogP contribution in [0.1, 0.15) is 64.9 Å². The van der Waals surface area contributed by atoms with Crippen molar-refractivity contribution in [3.05, 3.63) is 54.1 Å². The highest BCUT2D eigenvalue weighted by Gasteiger charge is 2.32. The van der Waals surface area contributed by atoms with Gasteiger partial charge in [-0.2, -0.15) is 5.21 Å². The van der Waals surface area contributed by atoms with Crippen LogP contribution in [0.2, 0.25) is 0 Å². The molecular formula is C31H42N8O5. The summed E-state index contributed by atoms with van der Waals surface area (Å²) in [6.45, 7) is 6.44. The summed E-state index contributed by atoms with van der Waals surface area (Å²) >= 11 is 0. The first kappa shape index (κ1) is 33.8. The van der Waals surface area contributed by atoms with Gasteiger partial charge in [0.15, 0.2) is 0 Å². The number of aromatic amines is 1. The molecule has 2 aromatic carbocycles. The lowest BCUT2D eigenvalue weighted by Gasteiger charge is -2.29. The lowest BCUT2D eigenvalue weighted by Crippen LogP contribution is -2.52. The third kappa shape index (κ3) is 9.69. The van der Waals surface area contributed by atoms with E-state index in [1.54, 1.807) is 10.4 Å². The van der Waals surface area contributed by atoms with Gasteiger partial charge in [0.1, 0.15) is 12.0 Å². The monoisotopic (exact) mass is 606 g/mol. The molecular weight excluding hydrogens is 564 g/mol. The van der Waals surface area contributed by atoms with E-state index in [0.29, 0.717) is 12.4 Å². The normalized spacial score (nSPS) is 12.4. The molecule has 3 rings (SSSR count). The van der Waals surface area contributed by atoms with E-state index in [0.717, 1.165) is 41.5 Å². The summed E-state index contributed by atoms with van der Waals surface area (Å²) in [6, 6.07) is 14.4. The van der Waals surface area contributed by atoms with Crippen molar-refractivity contribution in [3.63, 3.8) is 0 Å². The SMILES string of the molecule is CCCCCN(Cc1ccc(-c2ccccc2-c2nn[nH]n2)cc1)C(=O)[C@H](CCC(N)=O)NC(=O)C(CC(C)C)C(=O)NO. The largest absolute Gasteiger partial charge is 0.370 e. The van der Waals surface area contributed by atoms with Crippen molar-refractivity contribution < 1.29 is 24.4 Å². The number of carbonyl (C=O) groups is 4. The average Bonchev–Trinajstić information content (AvgIpc) is 3.56. The van der Waals surface area contributed by atoms with Gasteiger partial charge >= 0.3 is 0 Å². The smallest absolute Gasteiger partial charge is 0.255 e. The molecule has 2 atom stereocenters. The third-order valence-electron chi connectivity index (χ3n) is 7.24. The highest BCUT2D eigenvalue weighted by molar-refractivity contribution is 6.01. The van der Waals surface area contributed by atoms with Gasteiger partial charge in [0.25, 0.3) is 5.91 Å².